The van der Waals surface area contributed by atoms with Crippen molar-refractivity contribution in [2.24, 2.45) is 0 Å². The maximum Gasteiger partial charge on any atom is 0.319 e. The fourth-order valence-corrected chi connectivity index (χ4v) is 3.94. The minimum atomic E-state index is -0.158. The van der Waals surface area contributed by atoms with Gasteiger partial charge in [0.2, 0.25) is 0 Å². The molecule has 2 amide bonds. The zero-order valence-corrected chi connectivity index (χ0v) is 16.2. The van der Waals surface area contributed by atoms with Crippen molar-refractivity contribution in [3.63, 3.8) is 0 Å². The summed E-state index contributed by atoms with van der Waals surface area (Å²) in [5, 5.41) is 7.34. The van der Waals surface area contributed by atoms with Gasteiger partial charge in [-0.3, -0.25) is 0 Å². The van der Waals surface area contributed by atoms with E-state index in [4.69, 9.17) is 0 Å². The van der Waals surface area contributed by atoms with Gasteiger partial charge in [-0.15, -0.1) is 0 Å². The average Bonchev–Trinajstić information content (AvgIpc) is 2.96. The van der Waals surface area contributed by atoms with Crippen molar-refractivity contribution in [2.45, 2.75) is 32.2 Å². The lowest BCUT2D eigenvalue weighted by Crippen LogP contribution is -2.34. The molecule has 0 spiro atoms. The third-order valence-corrected chi connectivity index (χ3v) is 5.49. The highest BCUT2D eigenvalue weighted by Crippen LogP contribution is 2.35. The highest BCUT2D eigenvalue weighted by Gasteiger charge is 2.25. The van der Waals surface area contributed by atoms with Crippen LogP contribution in [0.2, 0.25) is 0 Å². The number of H-pyrrole nitrogens is 1. The van der Waals surface area contributed by atoms with Crippen molar-refractivity contribution in [2.75, 3.05) is 5.32 Å². The molecule has 1 aliphatic rings. The molecule has 1 unspecified atom stereocenters. The first-order valence-corrected chi connectivity index (χ1v) is 9.62. The summed E-state index contributed by atoms with van der Waals surface area (Å²) >= 11 is 2.25. The Labute approximate surface area is 160 Å². The lowest BCUT2D eigenvalue weighted by Gasteiger charge is -2.24. The first-order chi connectivity index (χ1) is 12.1. The van der Waals surface area contributed by atoms with Gasteiger partial charge in [-0.05, 0) is 90.7 Å². The number of amides is 2. The summed E-state index contributed by atoms with van der Waals surface area (Å²) in [4.78, 5) is 15.9. The number of rotatable bonds is 2. The molecule has 0 radical (unpaired) electrons. The van der Waals surface area contributed by atoms with Gasteiger partial charge in [0.25, 0.3) is 0 Å². The summed E-state index contributed by atoms with van der Waals surface area (Å²) in [6, 6.07) is 14.2. The minimum absolute atomic E-state index is 0.0281. The van der Waals surface area contributed by atoms with E-state index < -0.39 is 0 Å². The maximum absolute atomic E-state index is 12.4. The summed E-state index contributed by atoms with van der Waals surface area (Å²) in [5.74, 6) is 0. The molecular weight excluding hydrogens is 425 g/mol. The van der Waals surface area contributed by atoms with Gasteiger partial charge in [-0.2, -0.15) is 0 Å². The molecule has 3 N–H and O–H groups in total. The van der Waals surface area contributed by atoms with Gasteiger partial charge >= 0.3 is 6.03 Å². The summed E-state index contributed by atoms with van der Waals surface area (Å²) in [7, 11) is 0. The smallest absolute Gasteiger partial charge is 0.319 e. The van der Waals surface area contributed by atoms with E-state index in [0.29, 0.717) is 0 Å². The Kier molecular flexibility index (Phi) is 4.41. The number of carbonyl (C=O) groups is 1. The van der Waals surface area contributed by atoms with Crippen LogP contribution in [0.15, 0.2) is 42.5 Å². The molecule has 0 aliphatic heterocycles. The molecule has 1 aromatic heterocycles. The van der Waals surface area contributed by atoms with Gasteiger partial charge in [-0.25, -0.2) is 4.79 Å². The first-order valence-electron chi connectivity index (χ1n) is 8.54. The summed E-state index contributed by atoms with van der Waals surface area (Å²) < 4.78 is 1.15. The molecule has 0 bridgehead atoms. The predicted molar refractivity (Wildman–Crippen MR) is 110 cm³/mol. The van der Waals surface area contributed by atoms with Crippen LogP contribution in [0.4, 0.5) is 10.5 Å². The molecule has 1 atom stereocenters. The van der Waals surface area contributed by atoms with E-state index in [0.717, 1.165) is 39.7 Å². The van der Waals surface area contributed by atoms with Crippen LogP contribution in [0.5, 0.6) is 0 Å². The maximum atomic E-state index is 12.4. The zero-order chi connectivity index (χ0) is 17.4. The van der Waals surface area contributed by atoms with Crippen molar-refractivity contribution in [1.29, 1.82) is 0 Å². The van der Waals surface area contributed by atoms with Gasteiger partial charge in [-0.1, -0.05) is 11.6 Å². The van der Waals surface area contributed by atoms with Crippen LogP contribution in [0.1, 0.15) is 35.7 Å². The van der Waals surface area contributed by atoms with E-state index in [1.807, 2.05) is 24.3 Å². The lowest BCUT2D eigenvalue weighted by atomic mass is 9.91. The number of hydrogen-bond acceptors (Lipinski definition) is 1. The molecule has 4 nitrogen and oxygen atoms in total. The number of aromatic amines is 1. The van der Waals surface area contributed by atoms with E-state index >= 15 is 0 Å². The van der Waals surface area contributed by atoms with Crippen LogP contribution < -0.4 is 10.6 Å². The normalized spacial score (nSPS) is 16.5. The molecule has 0 saturated carbocycles. The van der Waals surface area contributed by atoms with Crippen LogP contribution in [0.3, 0.4) is 0 Å². The largest absolute Gasteiger partial charge is 0.356 e. The second kappa shape index (κ2) is 6.71. The Bertz CT molecular complexity index is 930. The number of benzene rings is 2. The van der Waals surface area contributed by atoms with E-state index in [1.165, 1.54) is 16.5 Å². The molecule has 2 aromatic carbocycles. The van der Waals surface area contributed by atoms with Crippen LogP contribution in [0, 0.1) is 10.5 Å². The van der Waals surface area contributed by atoms with E-state index in [2.05, 4.69) is 63.3 Å². The second-order valence-electron chi connectivity index (χ2n) is 6.62. The fourth-order valence-electron chi connectivity index (χ4n) is 3.58. The molecule has 5 heteroatoms. The molecule has 0 saturated heterocycles. The Hall–Kier alpha value is -2.02. The van der Waals surface area contributed by atoms with Gasteiger partial charge in [0, 0.05) is 25.9 Å². The number of anilines is 1. The average molecular weight is 445 g/mol. The molecule has 3 aromatic rings. The van der Waals surface area contributed by atoms with Crippen LogP contribution in [0.25, 0.3) is 10.9 Å². The predicted octanol–water partition coefficient (Wildman–Crippen LogP) is 5.28. The highest BCUT2D eigenvalue weighted by molar-refractivity contribution is 14.1. The number of aryl methyl sites for hydroxylation is 2. The molecule has 25 heavy (non-hydrogen) atoms. The SMILES string of the molecule is Cc1ccc2[nH]c3c(c2c1)CCCC3NC(=O)Nc1ccc(I)cc1. The van der Waals surface area contributed by atoms with E-state index in [1.54, 1.807) is 0 Å². The number of aromatic nitrogens is 1. The van der Waals surface area contributed by atoms with E-state index in [9.17, 15) is 4.79 Å². The Morgan fingerprint density at radius 1 is 1.20 bits per heavy atom. The summed E-state index contributed by atoms with van der Waals surface area (Å²) in [5.41, 5.74) is 5.73. The number of nitrogens with one attached hydrogen (secondary N) is 3. The minimum Gasteiger partial charge on any atom is -0.356 e. The molecule has 128 valence electrons. The highest BCUT2D eigenvalue weighted by atomic mass is 127. The molecule has 1 aliphatic carbocycles. The lowest BCUT2D eigenvalue weighted by molar-refractivity contribution is 0.247. The Morgan fingerprint density at radius 3 is 2.80 bits per heavy atom. The third kappa shape index (κ3) is 3.38. The van der Waals surface area contributed by atoms with Crippen molar-refractivity contribution in [3.05, 3.63) is 62.9 Å². The van der Waals surface area contributed by atoms with Crippen LogP contribution >= 0.6 is 22.6 Å². The van der Waals surface area contributed by atoms with Crippen molar-refractivity contribution >= 4 is 45.2 Å². The number of urea groups is 1. The van der Waals surface area contributed by atoms with Crippen LogP contribution in [-0.2, 0) is 6.42 Å². The molecular formula is C20H20IN3O. The topological polar surface area (TPSA) is 56.9 Å². The fraction of sp³-hybridized carbons (Fsp3) is 0.250. The quantitative estimate of drug-likeness (QED) is 0.462. The molecule has 0 fully saturated rings. The van der Waals surface area contributed by atoms with Gasteiger partial charge in [0.05, 0.1) is 6.04 Å². The zero-order valence-electron chi connectivity index (χ0n) is 14.0. The number of carbonyl (C=O) groups excluding carboxylic acids is 1. The molecule has 4 rings (SSSR count). The molecule has 1 heterocycles. The van der Waals surface area contributed by atoms with E-state index in [-0.39, 0.29) is 12.1 Å². The standard InChI is InChI=1S/C20H20IN3O/c1-12-5-10-17-16(11-12)15-3-2-4-18(19(15)23-17)24-20(25)22-14-8-6-13(21)7-9-14/h5-11,18,23H,2-4H2,1H3,(H2,22,24,25). The van der Waals surface area contributed by atoms with Gasteiger partial charge < -0.3 is 15.6 Å². The monoisotopic (exact) mass is 445 g/mol. The Balaban J connectivity index is 1.55. The van der Waals surface area contributed by atoms with Gasteiger partial charge in [0.15, 0.2) is 0 Å². The third-order valence-electron chi connectivity index (χ3n) is 4.77. The van der Waals surface area contributed by atoms with Gasteiger partial charge in [0.1, 0.15) is 0 Å². The number of hydrogen-bond donors (Lipinski definition) is 3. The van der Waals surface area contributed by atoms with Crippen molar-refractivity contribution < 1.29 is 4.79 Å². The van der Waals surface area contributed by atoms with Crippen molar-refractivity contribution in [3.8, 4) is 0 Å². The Morgan fingerprint density at radius 2 is 2.00 bits per heavy atom. The second-order valence-corrected chi connectivity index (χ2v) is 7.86. The summed E-state index contributed by atoms with van der Waals surface area (Å²) in [6.45, 7) is 2.12. The number of halogens is 1. The summed E-state index contributed by atoms with van der Waals surface area (Å²) in [6.07, 6.45) is 3.11. The van der Waals surface area contributed by atoms with Crippen molar-refractivity contribution in [1.82, 2.24) is 10.3 Å². The number of fused-ring (bicyclic) bond motifs is 3. The first kappa shape index (κ1) is 16.4. The van der Waals surface area contributed by atoms with Crippen LogP contribution in [-0.4, -0.2) is 11.0 Å².